The molecule has 4 nitrogen and oxygen atoms in total. The lowest BCUT2D eigenvalue weighted by Crippen LogP contribution is -2.41. The monoisotopic (exact) mass is 374 g/mol. The van der Waals surface area contributed by atoms with Crippen LogP contribution < -0.4 is 4.90 Å². The second-order valence-electron chi connectivity index (χ2n) is 6.40. The predicted octanol–water partition coefficient (Wildman–Crippen LogP) is 3.99. The Labute approximate surface area is 161 Å². The highest BCUT2D eigenvalue weighted by atomic mass is 35.5. The maximum absolute atomic E-state index is 13.3. The Morgan fingerprint density at radius 2 is 1.78 bits per heavy atom. The summed E-state index contributed by atoms with van der Waals surface area (Å²) in [5.74, 6) is -0.460. The summed E-state index contributed by atoms with van der Waals surface area (Å²) in [5.41, 5.74) is 0.954. The van der Waals surface area contributed by atoms with E-state index in [1.54, 1.807) is 54.6 Å². The third kappa shape index (κ3) is 2.69. The number of hydrogen-bond donors (Lipinski definition) is 1. The minimum atomic E-state index is -1.82. The van der Waals surface area contributed by atoms with E-state index < -0.39 is 11.5 Å². The van der Waals surface area contributed by atoms with Crippen molar-refractivity contribution in [1.82, 2.24) is 0 Å². The van der Waals surface area contributed by atoms with Gasteiger partial charge in [-0.25, -0.2) is 0 Å². The van der Waals surface area contributed by atoms with Crippen molar-refractivity contribution in [3.8, 4) is 6.07 Å². The van der Waals surface area contributed by atoms with E-state index in [1.807, 2.05) is 18.2 Å². The van der Waals surface area contributed by atoms with Crippen LogP contribution in [0.3, 0.4) is 0 Å². The van der Waals surface area contributed by atoms with Crippen LogP contribution in [0.15, 0.2) is 72.8 Å². The number of rotatable bonds is 3. The molecule has 0 radical (unpaired) electrons. The highest BCUT2D eigenvalue weighted by Crippen LogP contribution is 2.45. The van der Waals surface area contributed by atoms with Crippen LogP contribution in [0.5, 0.6) is 0 Å². The molecule has 0 saturated heterocycles. The molecule has 1 N–H and O–H groups in total. The Balaban J connectivity index is 1.84. The van der Waals surface area contributed by atoms with Crippen molar-refractivity contribution in [2.24, 2.45) is 0 Å². The number of amides is 1. The van der Waals surface area contributed by atoms with Gasteiger partial charge in [-0.2, -0.15) is 5.26 Å². The normalized spacial score (nSPS) is 18.3. The standard InChI is InChI=1S/C22H15ClN2O2/c23-18-9-5-8-17(12-18)22(27)19-10-3-4-11-20(19)25(21(22)26)14-16-7-2-1-6-15(16)13-24/h1-12,27H,14H2/t22-/m1/s1. The molecule has 3 aromatic carbocycles. The van der Waals surface area contributed by atoms with Gasteiger partial charge in [-0.1, -0.05) is 60.1 Å². The van der Waals surface area contributed by atoms with Gasteiger partial charge >= 0.3 is 0 Å². The van der Waals surface area contributed by atoms with Crippen molar-refractivity contribution in [1.29, 1.82) is 5.26 Å². The Morgan fingerprint density at radius 1 is 1.04 bits per heavy atom. The molecule has 4 rings (SSSR count). The topological polar surface area (TPSA) is 64.3 Å². The van der Waals surface area contributed by atoms with Crippen molar-refractivity contribution in [3.63, 3.8) is 0 Å². The molecule has 1 atom stereocenters. The molecule has 132 valence electrons. The van der Waals surface area contributed by atoms with Gasteiger partial charge in [0.1, 0.15) is 0 Å². The van der Waals surface area contributed by atoms with Crippen LogP contribution in [-0.2, 0) is 16.9 Å². The molecule has 1 aliphatic rings. The van der Waals surface area contributed by atoms with Crippen molar-refractivity contribution in [2.45, 2.75) is 12.1 Å². The van der Waals surface area contributed by atoms with Crippen LogP contribution >= 0.6 is 11.6 Å². The van der Waals surface area contributed by atoms with Gasteiger partial charge in [0.05, 0.1) is 23.9 Å². The minimum Gasteiger partial charge on any atom is -0.372 e. The highest BCUT2D eigenvalue weighted by Gasteiger charge is 2.51. The number of anilines is 1. The van der Waals surface area contributed by atoms with Crippen LogP contribution in [0.2, 0.25) is 5.02 Å². The summed E-state index contributed by atoms with van der Waals surface area (Å²) in [6.07, 6.45) is 0. The van der Waals surface area contributed by atoms with E-state index >= 15 is 0 Å². The second kappa shape index (κ2) is 6.55. The van der Waals surface area contributed by atoms with Crippen LogP contribution in [0.1, 0.15) is 22.3 Å². The van der Waals surface area contributed by atoms with Crippen LogP contribution in [0.4, 0.5) is 5.69 Å². The van der Waals surface area contributed by atoms with Gasteiger partial charge in [-0.05, 0) is 35.4 Å². The fraction of sp³-hybridized carbons (Fsp3) is 0.0909. The Morgan fingerprint density at radius 3 is 2.56 bits per heavy atom. The number of benzene rings is 3. The Bertz CT molecular complexity index is 1090. The third-order valence-electron chi connectivity index (χ3n) is 4.85. The number of carbonyl (C=O) groups excluding carboxylic acids is 1. The molecule has 0 fully saturated rings. The molecular weight excluding hydrogens is 360 g/mol. The average Bonchev–Trinajstić information content (AvgIpc) is 2.91. The van der Waals surface area contributed by atoms with Crippen molar-refractivity contribution in [2.75, 3.05) is 4.90 Å². The molecule has 0 aromatic heterocycles. The molecule has 3 aromatic rings. The van der Waals surface area contributed by atoms with E-state index in [0.29, 0.717) is 27.4 Å². The van der Waals surface area contributed by atoms with Crippen LogP contribution in [0.25, 0.3) is 0 Å². The molecule has 5 heteroatoms. The lowest BCUT2D eigenvalue weighted by Gasteiger charge is -2.24. The summed E-state index contributed by atoms with van der Waals surface area (Å²) in [6, 6.07) is 23.1. The van der Waals surface area contributed by atoms with Gasteiger partial charge in [-0.3, -0.25) is 4.79 Å². The van der Waals surface area contributed by atoms with E-state index in [1.165, 1.54) is 4.90 Å². The maximum atomic E-state index is 13.3. The molecule has 0 spiro atoms. The van der Waals surface area contributed by atoms with Crippen molar-refractivity contribution >= 4 is 23.2 Å². The average molecular weight is 375 g/mol. The number of nitriles is 1. The molecule has 0 unspecified atom stereocenters. The minimum absolute atomic E-state index is 0.197. The first-order chi connectivity index (χ1) is 13.1. The first kappa shape index (κ1) is 17.3. The fourth-order valence-corrected chi connectivity index (χ4v) is 3.71. The summed E-state index contributed by atoms with van der Waals surface area (Å²) >= 11 is 6.09. The summed E-state index contributed by atoms with van der Waals surface area (Å²) in [4.78, 5) is 14.9. The molecule has 1 aliphatic heterocycles. The third-order valence-corrected chi connectivity index (χ3v) is 5.08. The zero-order valence-corrected chi connectivity index (χ0v) is 15.0. The molecule has 0 bridgehead atoms. The summed E-state index contributed by atoms with van der Waals surface area (Å²) < 4.78 is 0. The van der Waals surface area contributed by atoms with Crippen molar-refractivity contribution in [3.05, 3.63) is 100 Å². The number of hydrogen-bond acceptors (Lipinski definition) is 3. The first-order valence-corrected chi connectivity index (χ1v) is 8.81. The predicted molar refractivity (Wildman–Crippen MR) is 103 cm³/mol. The van der Waals surface area contributed by atoms with Crippen LogP contribution in [0, 0.1) is 11.3 Å². The van der Waals surface area contributed by atoms with E-state index in [0.717, 1.165) is 5.56 Å². The smallest absolute Gasteiger partial charge is 0.268 e. The van der Waals surface area contributed by atoms with Gasteiger partial charge in [0.15, 0.2) is 5.60 Å². The van der Waals surface area contributed by atoms with E-state index in [2.05, 4.69) is 6.07 Å². The molecule has 1 amide bonds. The van der Waals surface area contributed by atoms with Gasteiger partial charge < -0.3 is 10.0 Å². The zero-order valence-electron chi connectivity index (χ0n) is 14.3. The highest BCUT2D eigenvalue weighted by molar-refractivity contribution is 6.30. The Hall–Kier alpha value is -3.13. The lowest BCUT2D eigenvalue weighted by atomic mass is 9.87. The summed E-state index contributed by atoms with van der Waals surface area (Å²) in [7, 11) is 0. The quantitative estimate of drug-likeness (QED) is 0.753. The van der Waals surface area contributed by atoms with Gasteiger partial charge in [0, 0.05) is 10.6 Å². The second-order valence-corrected chi connectivity index (χ2v) is 6.83. The molecular formula is C22H15ClN2O2. The van der Waals surface area contributed by atoms with Gasteiger partial charge in [-0.15, -0.1) is 0 Å². The Kier molecular flexibility index (Phi) is 4.19. The number of para-hydroxylation sites is 1. The van der Waals surface area contributed by atoms with Crippen LogP contribution in [-0.4, -0.2) is 11.0 Å². The number of fused-ring (bicyclic) bond motifs is 1. The zero-order chi connectivity index (χ0) is 19.0. The largest absolute Gasteiger partial charge is 0.372 e. The van der Waals surface area contributed by atoms with Gasteiger partial charge in [0.2, 0.25) is 0 Å². The molecule has 0 aliphatic carbocycles. The number of halogens is 1. The van der Waals surface area contributed by atoms with Crippen molar-refractivity contribution < 1.29 is 9.90 Å². The fourth-order valence-electron chi connectivity index (χ4n) is 3.52. The molecule has 0 saturated carbocycles. The number of carbonyl (C=O) groups is 1. The van der Waals surface area contributed by atoms with E-state index in [9.17, 15) is 15.2 Å². The number of aliphatic hydroxyl groups is 1. The molecule has 1 heterocycles. The van der Waals surface area contributed by atoms with Gasteiger partial charge in [0.25, 0.3) is 5.91 Å². The number of nitrogens with zero attached hydrogens (tertiary/aromatic N) is 2. The molecule has 27 heavy (non-hydrogen) atoms. The summed E-state index contributed by atoms with van der Waals surface area (Å²) in [5, 5.41) is 21.3. The SMILES string of the molecule is N#Cc1ccccc1CN1C(=O)[C@@](O)(c2cccc(Cl)c2)c2ccccc21. The van der Waals surface area contributed by atoms with E-state index in [4.69, 9.17) is 11.6 Å². The lowest BCUT2D eigenvalue weighted by molar-refractivity contribution is -0.132. The summed E-state index contributed by atoms with van der Waals surface area (Å²) in [6.45, 7) is 0.197. The van der Waals surface area contributed by atoms with E-state index in [-0.39, 0.29) is 6.54 Å². The first-order valence-electron chi connectivity index (χ1n) is 8.43. The maximum Gasteiger partial charge on any atom is 0.268 e.